The molecule has 6 aromatic rings. The number of benzene rings is 2. The minimum Gasteiger partial charge on any atom is -0.374 e. The van der Waals surface area contributed by atoms with Crippen LogP contribution in [0.1, 0.15) is 18.8 Å². The molecule has 2 aromatic carbocycles. The van der Waals surface area contributed by atoms with Gasteiger partial charge < -0.3 is 15.3 Å². The van der Waals surface area contributed by atoms with Crippen LogP contribution in [-0.4, -0.2) is 34.7 Å². The second-order valence-corrected chi connectivity index (χ2v) is 8.44. The van der Waals surface area contributed by atoms with Gasteiger partial charge in [0.1, 0.15) is 17.2 Å². The minimum absolute atomic E-state index is 0.235. The number of H-pyrrole nitrogens is 2. The molecule has 0 unspecified atom stereocenters. The van der Waals surface area contributed by atoms with Gasteiger partial charge in [0.15, 0.2) is 0 Å². The Bertz CT molecular complexity index is 1730. The molecule has 9 nitrogen and oxygen atoms in total. The third-order valence-corrected chi connectivity index (χ3v) is 6.01. The van der Waals surface area contributed by atoms with Crippen LogP contribution in [0, 0.1) is 0 Å². The molecule has 0 saturated carbocycles. The molecule has 6 rings (SSSR count). The Labute approximate surface area is 199 Å². The number of aryl methyl sites for hydroxylation is 1. The second-order valence-electron chi connectivity index (χ2n) is 8.44. The van der Waals surface area contributed by atoms with Crippen LogP contribution in [0.25, 0.3) is 44.5 Å². The lowest BCUT2D eigenvalue weighted by Crippen LogP contribution is -2.17. The average Bonchev–Trinajstić information content (AvgIpc) is 3.50. The minimum atomic E-state index is -0.237. The molecule has 0 aliphatic rings. The number of aromatic amines is 2. The number of aromatic nitrogens is 7. The van der Waals surface area contributed by atoms with Gasteiger partial charge >= 0.3 is 0 Å². The monoisotopic (exact) mass is 462 g/mol. The molecule has 0 aliphatic carbocycles. The van der Waals surface area contributed by atoms with Crippen LogP contribution in [-0.2, 0) is 7.05 Å². The predicted molar refractivity (Wildman–Crippen MR) is 136 cm³/mol. The van der Waals surface area contributed by atoms with Gasteiger partial charge in [-0.3, -0.25) is 9.48 Å². The Kier molecular flexibility index (Phi) is 4.88. The van der Waals surface area contributed by atoms with E-state index in [0.717, 1.165) is 33.1 Å². The summed E-state index contributed by atoms with van der Waals surface area (Å²) in [5, 5.41) is 8.61. The molecule has 9 heteroatoms. The number of imidazole rings is 1. The lowest BCUT2D eigenvalue weighted by atomic mass is 10.1. The zero-order chi connectivity index (χ0) is 23.9. The molecule has 0 spiro atoms. The van der Waals surface area contributed by atoms with Gasteiger partial charge in [0.05, 0.1) is 34.5 Å². The largest absolute Gasteiger partial charge is 0.374 e. The fraction of sp³-hybridized carbons (Fsp3) is 0.115. The molecule has 4 heterocycles. The normalized spacial score (nSPS) is 12.3. The van der Waals surface area contributed by atoms with Crippen molar-refractivity contribution in [1.82, 2.24) is 34.7 Å². The Morgan fingerprint density at radius 2 is 1.80 bits per heavy atom. The van der Waals surface area contributed by atoms with Crippen LogP contribution < -0.4 is 10.9 Å². The van der Waals surface area contributed by atoms with Crippen LogP contribution in [0.4, 0.5) is 5.69 Å². The summed E-state index contributed by atoms with van der Waals surface area (Å²) in [5.41, 5.74) is 5.24. The number of para-hydroxylation sites is 1. The van der Waals surface area contributed by atoms with E-state index in [1.54, 1.807) is 23.1 Å². The van der Waals surface area contributed by atoms with E-state index in [-0.39, 0.29) is 11.6 Å². The molecule has 1 atom stereocenters. The molecular formula is C26H22N8O. The van der Waals surface area contributed by atoms with Crippen molar-refractivity contribution >= 4 is 27.6 Å². The van der Waals surface area contributed by atoms with Crippen molar-refractivity contribution in [2.24, 2.45) is 7.05 Å². The van der Waals surface area contributed by atoms with Crippen LogP contribution in [0.15, 0.2) is 78.1 Å². The maximum Gasteiger partial charge on any atom is 0.261 e. The zero-order valence-corrected chi connectivity index (χ0v) is 19.1. The molecule has 4 aromatic heterocycles. The Hall–Kier alpha value is -4.79. The molecule has 35 heavy (non-hydrogen) atoms. The van der Waals surface area contributed by atoms with Crippen molar-refractivity contribution in [2.45, 2.75) is 13.0 Å². The number of fused-ring (bicyclic) bond motifs is 2. The number of rotatable bonds is 5. The van der Waals surface area contributed by atoms with Crippen molar-refractivity contribution in [2.75, 3.05) is 5.32 Å². The maximum atomic E-state index is 13.3. The van der Waals surface area contributed by atoms with Gasteiger partial charge in [-0.05, 0) is 36.8 Å². The smallest absolute Gasteiger partial charge is 0.261 e. The lowest BCUT2D eigenvalue weighted by Gasteiger charge is -2.18. The highest BCUT2D eigenvalue weighted by molar-refractivity contribution is 5.99. The van der Waals surface area contributed by atoms with E-state index in [1.807, 2.05) is 68.8 Å². The average molecular weight is 463 g/mol. The lowest BCUT2D eigenvalue weighted by molar-refractivity contribution is 0.768. The first-order valence-corrected chi connectivity index (χ1v) is 11.2. The summed E-state index contributed by atoms with van der Waals surface area (Å²) in [7, 11) is 1.89. The van der Waals surface area contributed by atoms with Crippen molar-refractivity contribution in [3.8, 4) is 22.5 Å². The maximum absolute atomic E-state index is 13.3. The number of hydrogen-bond donors (Lipinski definition) is 3. The first-order chi connectivity index (χ1) is 17.1. The number of nitrogens with zero attached hydrogens (tertiary/aromatic N) is 5. The van der Waals surface area contributed by atoms with Crippen molar-refractivity contribution in [3.63, 3.8) is 0 Å². The summed E-state index contributed by atoms with van der Waals surface area (Å²) in [5.74, 6) is 1.12. The van der Waals surface area contributed by atoms with Gasteiger partial charge in [-0.1, -0.05) is 24.3 Å². The van der Waals surface area contributed by atoms with Crippen molar-refractivity contribution < 1.29 is 0 Å². The van der Waals surface area contributed by atoms with Crippen LogP contribution >= 0.6 is 0 Å². The molecule has 0 saturated heterocycles. The molecule has 0 aliphatic heterocycles. The van der Waals surface area contributed by atoms with Gasteiger partial charge in [-0.15, -0.1) is 0 Å². The summed E-state index contributed by atoms with van der Waals surface area (Å²) >= 11 is 0. The highest BCUT2D eigenvalue weighted by Gasteiger charge is 2.20. The molecule has 3 N–H and O–H groups in total. The van der Waals surface area contributed by atoms with Crippen molar-refractivity contribution in [1.29, 1.82) is 0 Å². The fourth-order valence-corrected chi connectivity index (χ4v) is 4.31. The van der Waals surface area contributed by atoms with E-state index in [9.17, 15) is 4.79 Å². The fourth-order valence-electron chi connectivity index (χ4n) is 4.31. The SMILES string of the molecule is C[C@@H](Nc1c(-c2nc3ccc(-c4cnn(C)c4)cc3[nH]2)c(=O)[nH]c2ccccc12)c1ncccn1. The summed E-state index contributed by atoms with van der Waals surface area (Å²) < 4.78 is 1.77. The Morgan fingerprint density at radius 3 is 2.60 bits per heavy atom. The summed E-state index contributed by atoms with van der Waals surface area (Å²) in [4.78, 5) is 33.2. The van der Waals surface area contributed by atoms with E-state index in [4.69, 9.17) is 4.98 Å². The molecule has 0 radical (unpaired) electrons. The molecule has 172 valence electrons. The molecule has 0 amide bonds. The highest BCUT2D eigenvalue weighted by Crippen LogP contribution is 2.33. The second kappa shape index (κ2) is 8.21. The summed E-state index contributed by atoms with van der Waals surface area (Å²) in [6.45, 7) is 1.97. The Balaban J connectivity index is 1.51. The van der Waals surface area contributed by atoms with E-state index in [2.05, 4.69) is 30.4 Å². The topological polar surface area (TPSA) is 117 Å². The first kappa shape index (κ1) is 20.8. The Morgan fingerprint density at radius 1 is 0.971 bits per heavy atom. The summed E-state index contributed by atoms with van der Waals surface area (Å²) in [6, 6.07) is 15.2. The van der Waals surface area contributed by atoms with E-state index >= 15 is 0 Å². The van der Waals surface area contributed by atoms with Crippen molar-refractivity contribution in [3.05, 3.63) is 89.5 Å². The van der Waals surface area contributed by atoms with Gasteiger partial charge in [0.25, 0.3) is 5.56 Å². The van der Waals surface area contributed by atoms with Crippen LogP contribution in [0.3, 0.4) is 0 Å². The third kappa shape index (κ3) is 3.72. The highest BCUT2D eigenvalue weighted by atomic mass is 16.1. The molecule has 0 bridgehead atoms. The quantitative estimate of drug-likeness (QED) is 0.349. The van der Waals surface area contributed by atoms with Crippen LogP contribution in [0.5, 0.6) is 0 Å². The van der Waals surface area contributed by atoms with Gasteiger partial charge in [0.2, 0.25) is 0 Å². The predicted octanol–water partition coefficient (Wildman–Crippen LogP) is 4.44. The van der Waals surface area contributed by atoms with Crippen LogP contribution in [0.2, 0.25) is 0 Å². The van der Waals surface area contributed by atoms with E-state index in [1.165, 1.54) is 0 Å². The number of nitrogens with one attached hydrogen (secondary N) is 3. The van der Waals surface area contributed by atoms with E-state index < -0.39 is 0 Å². The molecule has 0 fully saturated rings. The third-order valence-electron chi connectivity index (χ3n) is 6.01. The summed E-state index contributed by atoms with van der Waals surface area (Å²) in [6.07, 6.45) is 7.19. The molecular weight excluding hydrogens is 440 g/mol. The van der Waals surface area contributed by atoms with Gasteiger partial charge in [-0.2, -0.15) is 5.10 Å². The van der Waals surface area contributed by atoms with Gasteiger partial charge in [-0.25, -0.2) is 15.0 Å². The number of hydrogen-bond acceptors (Lipinski definition) is 6. The zero-order valence-electron chi connectivity index (χ0n) is 19.1. The number of anilines is 1. The van der Waals surface area contributed by atoms with E-state index in [0.29, 0.717) is 22.9 Å². The first-order valence-electron chi connectivity index (χ1n) is 11.2. The number of pyridine rings is 1. The van der Waals surface area contributed by atoms with Gasteiger partial charge in [0, 0.05) is 36.6 Å². The standard InChI is InChI=1S/C26H22N8O/c1-15(24-27-10-5-11-28-24)30-23-18-6-3-4-7-19(18)33-26(35)22(23)25-31-20-9-8-16(12-21(20)32-25)17-13-29-34(2)14-17/h3-15H,1-2H3,(H,31,32)(H2,30,33,35)/t15-/m1/s1.